The Labute approximate surface area is 132 Å². The molecule has 1 N–H and O–H groups in total. The number of benzene rings is 1. The number of hydrogen-bond acceptors (Lipinski definition) is 3. The van der Waals surface area contributed by atoms with E-state index in [0.29, 0.717) is 12.5 Å². The van der Waals surface area contributed by atoms with E-state index in [1.807, 2.05) is 30.5 Å². The normalized spacial score (nSPS) is 15.3. The van der Waals surface area contributed by atoms with Crippen LogP contribution in [0.5, 0.6) is 0 Å². The van der Waals surface area contributed by atoms with Gasteiger partial charge in [0.1, 0.15) is 0 Å². The Bertz CT molecular complexity index is 660. The molecule has 1 aliphatic carbocycles. The molecular formula is C19H24N2O. The molecule has 22 heavy (non-hydrogen) atoms. The van der Waals surface area contributed by atoms with E-state index in [9.17, 15) is 4.79 Å². The van der Waals surface area contributed by atoms with Gasteiger partial charge in [-0.15, -0.1) is 0 Å². The van der Waals surface area contributed by atoms with Crippen molar-refractivity contribution in [2.45, 2.75) is 57.9 Å². The monoisotopic (exact) mass is 296 g/mol. The Kier molecular flexibility index (Phi) is 4.71. The summed E-state index contributed by atoms with van der Waals surface area (Å²) >= 11 is 0. The van der Waals surface area contributed by atoms with Gasteiger partial charge in [0, 0.05) is 29.6 Å². The van der Waals surface area contributed by atoms with Gasteiger partial charge in [-0.2, -0.15) is 0 Å². The molecule has 0 spiro atoms. The zero-order valence-electron chi connectivity index (χ0n) is 13.3. The molecule has 3 nitrogen and oxygen atoms in total. The number of hydrogen-bond donors (Lipinski definition) is 1. The molecule has 1 saturated carbocycles. The Morgan fingerprint density at radius 2 is 2.14 bits per heavy atom. The lowest BCUT2D eigenvalue weighted by Gasteiger charge is -2.16. The first-order valence-electron chi connectivity index (χ1n) is 8.46. The highest BCUT2D eigenvalue weighted by Crippen LogP contribution is 2.28. The van der Waals surface area contributed by atoms with Gasteiger partial charge in [0.05, 0.1) is 11.2 Å². The minimum Gasteiger partial charge on any atom is -0.381 e. The van der Waals surface area contributed by atoms with E-state index in [0.717, 1.165) is 35.0 Å². The van der Waals surface area contributed by atoms with Crippen LogP contribution in [0.15, 0.2) is 30.5 Å². The van der Waals surface area contributed by atoms with E-state index >= 15 is 0 Å². The quantitative estimate of drug-likeness (QED) is 0.766. The predicted octanol–water partition coefficient (Wildman–Crippen LogP) is 4.96. The van der Waals surface area contributed by atoms with Gasteiger partial charge in [0.15, 0.2) is 5.78 Å². The number of anilines is 1. The number of fused-ring (bicyclic) bond motifs is 1. The van der Waals surface area contributed by atoms with Crippen molar-refractivity contribution in [3.8, 4) is 0 Å². The van der Waals surface area contributed by atoms with Crippen molar-refractivity contribution in [1.82, 2.24) is 4.98 Å². The molecule has 3 heteroatoms. The molecule has 0 bridgehead atoms. The average Bonchev–Trinajstić information content (AvgIpc) is 3.05. The molecule has 0 amide bonds. The Morgan fingerprint density at radius 3 is 2.91 bits per heavy atom. The van der Waals surface area contributed by atoms with Crippen LogP contribution in [0.1, 0.15) is 62.2 Å². The van der Waals surface area contributed by atoms with E-state index in [-0.39, 0.29) is 5.78 Å². The lowest BCUT2D eigenvalue weighted by Crippen LogP contribution is -2.15. The highest BCUT2D eigenvalue weighted by molar-refractivity contribution is 6.03. The maximum absolute atomic E-state index is 12.4. The molecule has 1 aromatic carbocycles. The van der Waals surface area contributed by atoms with Gasteiger partial charge in [0.25, 0.3) is 0 Å². The van der Waals surface area contributed by atoms with Crippen LogP contribution in [-0.2, 0) is 0 Å². The summed E-state index contributed by atoms with van der Waals surface area (Å²) in [6.07, 6.45) is 9.45. The second-order valence-electron chi connectivity index (χ2n) is 6.25. The number of carbonyl (C=O) groups excluding carboxylic acids is 1. The molecule has 3 rings (SSSR count). The fourth-order valence-corrected chi connectivity index (χ4v) is 3.24. The van der Waals surface area contributed by atoms with Crippen molar-refractivity contribution < 1.29 is 4.79 Å². The van der Waals surface area contributed by atoms with Crippen LogP contribution < -0.4 is 5.32 Å². The van der Waals surface area contributed by atoms with Gasteiger partial charge in [-0.25, -0.2) is 0 Å². The molecule has 0 unspecified atom stereocenters. The summed E-state index contributed by atoms with van der Waals surface area (Å²) in [4.78, 5) is 16.9. The number of unbranched alkanes of at least 4 members (excludes halogenated alkanes) is 1. The highest BCUT2D eigenvalue weighted by atomic mass is 16.1. The van der Waals surface area contributed by atoms with Crippen molar-refractivity contribution in [2.24, 2.45) is 0 Å². The summed E-state index contributed by atoms with van der Waals surface area (Å²) in [7, 11) is 0. The van der Waals surface area contributed by atoms with Crippen molar-refractivity contribution in [1.29, 1.82) is 0 Å². The van der Waals surface area contributed by atoms with Gasteiger partial charge in [0.2, 0.25) is 0 Å². The smallest absolute Gasteiger partial charge is 0.162 e. The highest BCUT2D eigenvalue weighted by Gasteiger charge is 2.17. The summed E-state index contributed by atoms with van der Waals surface area (Å²) in [5, 5.41) is 4.67. The standard InChI is InChI=1S/C19H24N2O/c1-2-3-10-18(22)15-12-14-7-6-11-20-19(14)17(13-15)21-16-8-4-5-9-16/h6-7,11-13,16,21H,2-5,8-10H2,1H3. The third kappa shape index (κ3) is 3.29. The predicted molar refractivity (Wildman–Crippen MR) is 91.5 cm³/mol. The van der Waals surface area contributed by atoms with E-state index < -0.39 is 0 Å². The van der Waals surface area contributed by atoms with E-state index in [4.69, 9.17) is 0 Å². The Morgan fingerprint density at radius 1 is 1.32 bits per heavy atom. The van der Waals surface area contributed by atoms with Gasteiger partial charge in [-0.3, -0.25) is 9.78 Å². The number of carbonyl (C=O) groups is 1. The third-order valence-corrected chi connectivity index (χ3v) is 4.50. The first kappa shape index (κ1) is 15.0. The number of nitrogens with one attached hydrogen (secondary N) is 1. The van der Waals surface area contributed by atoms with Crippen LogP contribution in [-0.4, -0.2) is 16.8 Å². The molecule has 0 atom stereocenters. The van der Waals surface area contributed by atoms with E-state index in [2.05, 4.69) is 17.2 Å². The average molecular weight is 296 g/mol. The second kappa shape index (κ2) is 6.91. The van der Waals surface area contributed by atoms with Crippen LogP contribution in [0.2, 0.25) is 0 Å². The topological polar surface area (TPSA) is 42.0 Å². The SMILES string of the molecule is CCCCC(=O)c1cc(NC2CCCC2)c2ncccc2c1. The van der Waals surface area contributed by atoms with Crippen molar-refractivity contribution in [3.63, 3.8) is 0 Å². The molecule has 0 radical (unpaired) electrons. The summed E-state index contributed by atoms with van der Waals surface area (Å²) in [6.45, 7) is 2.12. The molecular weight excluding hydrogens is 272 g/mol. The summed E-state index contributed by atoms with van der Waals surface area (Å²) in [5.41, 5.74) is 2.81. The van der Waals surface area contributed by atoms with Crippen LogP contribution in [0.25, 0.3) is 10.9 Å². The molecule has 0 aliphatic heterocycles. The second-order valence-corrected chi connectivity index (χ2v) is 6.25. The van der Waals surface area contributed by atoms with Gasteiger partial charge in [-0.05, 0) is 37.5 Å². The fourth-order valence-electron chi connectivity index (χ4n) is 3.24. The first-order valence-corrected chi connectivity index (χ1v) is 8.46. The molecule has 116 valence electrons. The minimum atomic E-state index is 0.238. The molecule has 1 heterocycles. The largest absolute Gasteiger partial charge is 0.381 e. The maximum atomic E-state index is 12.4. The van der Waals surface area contributed by atoms with Crippen molar-refractivity contribution in [2.75, 3.05) is 5.32 Å². The van der Waals surface area contributed by atoms with Crippen LogP contribution in [0.4, 0.5) is 5.69 Å². The number of ketones is 1. The van der Waals surface area contributed by atoms with Gasteiger partial charge >= 0.3 is 0 Å². The lowest BCUT2D eigenvalue weighted by molar-refractivity contribution is 0.0980. The Hall–Kier alpha value is -1.90. The number of rotatable bonds is 6. The zero-order chi connectivity index (χ0) is 15.4. The van der Waals surface area contributed by atoms with Gasteiger partial charge in [-0.1, -0.05) is 32.3 Å². The molecule has 1 aromatic heterocycles. The number of pyridine rings is 1. The number of Topliss-reactive ketones (excluding diaryl/α,β-unsaturated/α-hetero) is 1. The lowest BCUT2D eigenvalue weighted by atomic mass is 10.0. The molecule has 2 aromatic rings. The van der Waals surface area contributed by atoms with Crippen LogP contribution in [0, 0.1) is 0 Å². The van der Waals surface area contributed by atoms with Gasteiger partial charge < -0.3 is 5.32 Å². The van der Waals surface area contributed by atoms with Crippen LogP contribution >= 0.6 is 0 Å². The van der Waals surface area contributed by atoms with Crippen molar-refractivity contribution in [3.05, 3.63) is 36.0 Å². The van der Waals surface area contributed by atoms with Crippen LogP contribution in [0.3, 0.4) is 0 Å². The molecule has 1 aliphatic rings. The summed E-state index contributed by atoms with van der Waals surface area (Å²) < 4.78 is 0. The van der Waals surface area contributed by atoms with Crippen molar-refractivity contribution >= 4 is 22.4 Å². The zero-order valence-corrected chi connectivity index (χ0v) is 13.3. The maximum Gasteiger partial charge on any atom is 0.162 e. The summed E-state index contributed by atoms with van der Waals surface area (Å²) in [5.74, 6) is 0.238. The fraction of sp³-hybridized carbons (Fsp3) is 0.474. The summed E-state index contributed by atoms with van der Waals surface area (Å²) in [6, 6.07) is 8.48. The number of nitrogens with zero attached hydrogens (tertiary/aromatic N) is 1. The molecule has 1 fully saturated rings. The first-order chi connectivity index (χ1) is 10.8. The molecule has 0 saturated heterocycles. The Balaban J connectivity index is 1.94. The number of aromatic nitrogens is 1. The third-order valence-electron chi connectivity index (χ3n) is 4.50. The van der Waals surface area contributed by atoms with E-state index in [1.165, 1.54) is 25.7 Å². The minimum absolute atomic E-state index is 0.238. The van der Waals surface area contributed by atoms with E-state index in [1.54, 1.807) is 0 Å².